The van der Waals surface area contributed by atoms with Gasteiger partial charge in [-0.1, -0.05) is 6.07 Å². The van der Waals surface area contributed by atoms with Crippen molar-refractivity contribution in [2.75, 3.05) is 7.05 Å². The van der Waals surface area contributed by atoms with Gasteiger partial charge in [0.25, 0.3) is 5.91 Å². The number of carbonyl (C=O) groups excluding carboxylic acids is 1. The molecule has 3 heterocycles. The fourth-order valence-electron chi connectivity index (χ4n) is 4.03. The molecule has 5 rings (SSSR count). The highest BCUT2D eigenvalue weighted by molar-refractivity contribution is 7.88. The van der Waals surface area contributed by atoms with Gasteiger partial charge in [-0.3, -0.25) is 9.69 Å². The van der Waals surface area contributed by atoms with Crippen LogP contribution in [0.1, 0.15) is 11.1 Å². The van der Waals surface area contributed by atoms with Crippen LogP contribution < -0.4 is 14.7 Å². The van der Waals surface area contributed by atoms with Crippen LogP contribution >= 0.6 is 0 Å². The first-order valence-electron chi connectivity index (χ1n) is 10.1. The van der Waals surface area contributed by atoms with Gasteiger partial charge in [0.2, 0.25) is 11.5 Å². The third-order valence-electron chi connectivity index (χ3n) is 5.73. The van der Waals surface area contributed by atoms with Gasteiger partial charge in [0.1, 0.15) is 17.2 Å². The van der Waals surface area contributed by atoms with E-state index in [0.29, 0.717) is 5.56 Å². The van der Waals surface area contributed by atoms with Crippen LogP contribution in [-0.4, -0.2) is 42.7 Å². The van der Waals surface area contributed by atoms with Crippen molar-refractivity contribution in [2.24, 2.45) is 10.7 Å². The number of guanidine groups is 1. The van der Waals surface area contributed by atoms with Crippen molar-refractivity contribution < 1.29 is 39.7 Å². The number of benzene rings is 2. The number of carbonyl (C=O) groups is 1. The predicted octanol–water partition coefficient (Wildman–Crippen LogP) is 3.25. The summed E-state index contributed by atoms with van der Waals surface area (Å²) in [6.45, 7) is 0. The number of amides is 1. The number of likely N-dealkylation sites (N-methyl/N-ethyl adjacent to an activating group) is 1. The Bertz CT molecular complexity index is 1570. The highest BCUT2D eigenvalue weighted by Crippen LogP contribution is 2.53. The lowest BCUT2D eigenvalue weighted by Gasteiger charge is -2.34. The van der Waals surface area contributed by atoms with Crippen LogP contribution in [0.15, 0.2) is 59.7 Å². The summed E-state index contributed by atoms with van der Waals surface area (Å²) in [6.07, 6.45) is 1.26. The molecule has 1 unspecified atom stereocenters. The molecule has 2 N–H and O–H groups in total. The predicted molar refractivity (Wildman–Crippen MR) is 117 cm³/mol. The number of halogens is 4. The number of aromatic nitrogens is 1. The van der Waals surface area contributed by atoms with E-state index in [9.17, 15) is 30.8 Å². The van der Waals surface area contributed by atoms with Gasteiger partial charge < -0.3 is 14.7 Å². The van der Waals surface area contributed by atoms with Crippen LogP contribution in [0, 0.1) is 5.95 Å². The van der Waals surface area contributed by atoms with Crippen molar-refractivity contribution >= 4 is 22.0 Å². The molecule has 1 amide bonds. The Labute approximate surface area is 200 Å². The fraction of sp³-hybridized carbons (Fsp3) is 0.136. The largest absolute Gasteiger partial charge is 0.534 e. The van der Waals surface area contributed by atoms with E-state index in [1.165, 1.54) is 43.6 Å². The number of nitrogens with zero attached hydrogens (tertiary/aromatic N) is 3. The number of aliphatic imine (C=N–C) groups is 1. The molecule has 1 atom stereocenters. The molecule has 14 heteroatoms. The second-order valence-corrected chi connectivity index (χ2v) is 9.38. The summed E-state index contributed by atoms with van der Waals surface area (Å²) in [5.74, 6) is -2.29. The molecule has 3 aromatic rings. The molecular formula is C22H14F4N4O5S. The zero-order valence-corrected chi connectivity index (χ0v) is 18.9. The van der Waals surface area contributed by atoms with Crippen LogP contribution in [0.2, 0.25) is 0 Å². The summed E-state index contributed by atoms with van der Waals surface area (Å²) < 4.78 is 86.2. The normalized spacial score (nSPS) is 19.0. The van der Waals surface area contributed by atoms with Gasteiger partial charge in [0.05, 0.1) is 0 Å². The number of pyridine rings is 1. The Balaban J connectivity index is 1.73. The summed E-state index contributed by atoms with van der Waals surface area (Å²) in [5.41, 5.74) is -1.35. The van der Waals surface area contributed by atoms with E-state index >= 15 is 0 Å². The van der Waals surface area contributed by atoms with E-state index in [2.05, 4.69) is 14.2 Å². The molecule has 9 nitrogen and oxygen atoms in total. The monoisotopic (exact) mass is 522 g/mol. The average Bonchev–Trinajstić information content (AvgIpc) is 3.04. The lowest BCUT2D eigenvalue weighted by molar-refractivity contribution is -0.129. The Morgan fingerprint density at radius 1 is 1.08 bits per heavy atom. The van der Waals surface area contributed by atoms with Crippen LogP contribution in [0.25, 0.3) is 11.1 Å². The quantitative estimate of drug-likeness (QED) is 0.242. The minimum Gasteiger partial charge on any atom is -0.457 e. The van der Waals surface area contributed by atoms with Crippen LogP contribution in [0.3, 0.4) is 0 Å². The molecule has 186 valence electrons. The summed E-state index contributed by atoms with van der Waals surface area (Å²) >= 11 is 0. The Hall–Kier alpha value is -4.20. The smallest absolute Gasteiger partial charge is 0.457 e. The van der Waals surface area contributed by atoms with Crippen LogP contribution in [0.4, 0.5) is 17.6 Å². The highest BCUT2D eigenvalue weighted by Gasteiger charge is 2.55. The first-order chi connectivity index (χ1) is 16.8. The zero-order valence-electron chi connectivity index (χ0n) is 18.1. The maximum absolute atomic E-state index is 14.4. The van der Waals surface area contributed by atoms with E-state index in [4.69, 9.17) is 10.5 Å². The molecule has 36 heavy (non-hydrogen) atoms. The summed E-state index contributed by atoms with van der Waals surface area (Å²) in [5, 5.41) is 0. The number of rotatable bonds is 3. The third-order valence-corrected chi connectivity index (χ3v) is 6.71. The molecular weight excluding hydrogens is 508 g/mol. The summed E-state index contributed by atoms with van der Waals surface area (Å²) in [6, 6.07) is 10.4. The second-order valence-electron chi connectivity index (χ2n) is 7.84. The maximum Gasteiger partial charge on any atom is 0.534 e. The minimum absolute atomic E-state index is 0.000218. The minimum atomic E-state index is -6.00. The van der Waals surface area contributed by atoms with Crippen LogP contribution in [0.5, 0.6) is 17.2 Å². The van der Waals surface area contributed by atoms with Crippen molar-refractivity contribution in [3.8, 4) is 28.4 Å². The van der Waals surface area contributed by atoms with Crippen molar-refractivity contribution in [3.63, 3.8) is 0 Å². The van der Waals surface area contributed by atoms with E-state index in [1.54, 1.807) is 0 Å². The van der Waals surface area contributed by atoms with Gasteiger partial charge in [-0.25, -0.2) is 9.98 Å². The lowest BCUT2D eigenvalue weighted by atomic mass is 9.79. The van der Waals surface area contributed by atoms with E-state index in [0.717, 1.165) is 23.1 Å². The summed E-state index contributed by atoms with van der Waals surface area (Å²) in [4.78, 5) is 22.5. The number of alkyl halides is 3. The van der Waals surface area contributed by atoms with E-state index < -0.39 is 38.8 Å². The van der Waals surface area contributed by atoms with Crippen LogP contribution in [-0.2, 0) is 20.5 Å². The number of hydrogen-bond donors (Lipinski definition) is 1. The average molecular weight is 522 g/mol. The van der Waals surface area contributed by atoms with Gasteiger partial charge in [0.15, 0.2) is 5.96 Å². The van der Waals surface area contributed by atoms with E-state index in [-0.39, 0.29) is 34.1 Å². The third kappa shape index (κ3) is 3.36. The molecule has 1 aromatic heterocycles. The molecule has 0 radical (unpaired) electrons. The molecule has 2 aliphatic heterocycles. The zero-order chi connectivity index (χ0) is 26.0. The van der Waals surface area contributed by atoms with Gasteiger partial charge in [-0.05, 0) is 48.0 Å². The lowest BCUT2D eigenvalue weighted by Crippen LogP contribution is -2.42. The molecule has 1 spiro atoms. The van der Waals surface area contributed by atoms with Gasteiger partial charge in [-0.2, -0.15) is 26.0 Å². The maximum atomic E-state index is 14.4. The van der Waals surface area contributed by atoms with Crippen molar-refractivity contribution in [1.29, 1.82) is 0 Å². The number of ether oxygens (including phenoxy) is 1. The van der Waals surface area contributed by atoms with Crippen molar-refractivity contribution in [3.05, 3.63) is 71.8 Å². The van der Waals surface area contributed by atoms with Gasteiger partial charge in [0, 0.05) is 29.9 Å². The number of nitrogens with two attached hydrogens (primary N) is 1. The molecule has 0 bridgehead atoms. The topological polar surface area (TPSA) is 124 Å². The highest BCUT2D eigenvalue weighted by atomic mass is 32.2. The van der Waals surface area contributed by atoms with Crippen molar-refractivity contribution in [2.45, 2.75) is 11.0 Å². The van der Waals surface area contributed by atoms with E-state index in [1.807, 2.05) is 0 Å². The molecule has 0 saturated carbocycles. The molecule has 0 fully saturated rings. The Morgan fingerprint density at radius 3 is 2.36 bits per heavy atom. The Kier molecular flexibility index (Phi) is 5.00. The van der Waals surface area contributed by atoms with Crippen molar-refractivity contribution in [1.82, 2.24) is 9.88 Å². The molecule has 2 aliphatic rings. The standard InChI is InChI=1S/C22H14F4N4O5S/c1-30-19(31)21(29-20(30)27)14-9-11(13-3-2-8-28-18(13)23)4-6-16(14)34-17-7-5-12(10-15(17)21)35-36(32,33)22(24,25)26/h2-10H,1H3,(H2,27,29). The molecule has 0 saturated heterocycles. The van der Waals surface area contributed by atoms with Gasteiger partial charge in [-0.15, -0.1) is 0 Å². The molecule has 0 aliphatic carbocycles. The first kappa shape index (κ1) is 23.5. The number of hydrogen-bond acceptors (Lipinski definition) is 8. The van der Waals surface area contributed by atoms with Gasteiger partial charge >= 0.3 is 15.6 Å². The number of fused-ring (bicyclic) bond motifs is 4. The Morgan fingerprint density at radius 2 is 1.75 bits per heavy atom. The SMILES string of the molecule is CN1C(=O)C2(N=C1N)c1cc(OS(=O)(=O)C(F)(F)F)ccc1Oc1ccc(-c3cccnc3F)cc12. The summed E-state index contributed by atoms with van der Waals surface area (Å²) in [7, 11) is -4.66. The fourth-order valence-corrected chi connectivity index (χ4v) is 4.48. The first-order valence-corrected chi connectivity index (χ1v) is 11.5. The molecule has 2 aromatic carbocycles. The second kappa shape index (κ2) is 7.65.